The quantitative estimate of drug-likeness (QED) is 0.875. The van der Waals surface area contributed by atoms with Gasteiger partial charge in [0.2, 0.25) is 0 Å². The smallest absolute Gasteiger partial charge is 0.0697 e. The molecule has 1 atom stereocenters. The monoisotopic (exact) mass is 284 g/mol. The van der Waals surface area contributed by atoms with Gasteiger partial charge in [0.15, 0.2) is 0 Å². The Balaban J connectivity index is 1.95. The van der Waals surface area contributed by atoms with E-state index in [1.807, 2.05) is 19.5 Å². The Labute approximate surface area is 126 Å². The zero-order valence-electron chi connectivity index (χ0n) is 12.9. The Morgan fingerprint density at radius 1 is 1.33 bits per heavy atom. The molecule has 1 aliphatic rings. The summed E-state index contributed by atoms with van der Waals surface area (Å²) in [5.74, 6) is 0. The molecule has 1 unspecified atom stereocenters. The highest BCUT2D eigenvalue weighted by molar-refractivity contribution is 5.85. The fourth-order valence-electron chi connectivity index (χ4n) is 3.42. The first-order valence-corrected chi connectivity index (χ1v) is 7.89. The number of fused-ring (bicyclic) bond motifs is 1. The SMILES string of the molecule is CCNC(CC1(OC)CCC1)c1cccc2cnccc12. The Kier molecular flexibility index (Phi) is 4.22. The van der Waals surface area contributed by atoms with E-state index in [-0.39, 0.29) is 5.60 Å². The van der Waals surface area contributed by atoms with Crippen molar-refractivity contribution in [2.24, 2.45) is 0 Å². The third-order valence-electron chi connectivity index (χ3n) is 4.81. The second-order valence-corrected chi connectivity index (χ2v) is 6.00. The van der Waals surface area contributed by atoms with Gasteiger partial charge in [0.1, 0.15) is 0 Å². The van der Waals surface area contributed by atoms with Crippen LogP contribution in [-0.4, -0.2) is 24.2 Å². The summed E-state index contributed by atoms with van der Waals surface area (Å²) in [7, 11) is 1.86. The normalized spacial score (nSPS) is 18.4. The van der Waals surface area contributed by atoms with E-state index in [1.54, 1.807) is 0 Å². The molecule has 3 heteroatoms. The number of pyridine rings is 1. The van der Waals surface area contributed by atoms with Gasteiger partial charge in [-0.25, -0.2) is 0 Å². The number of hydrogen-bond acceptors (Lipinski definition) is 3. The average Bonchev–Trinajstić information content (AvgIpc) is 2.49. The Bertz CT molecular complexity index is 596. The van der Waals surface area contributed by atoms with Crippen molar-refractivity contribution in [1.29, 1.82) is 0 Å². The molecule has 112 valence electrons. The van der Waals surface area contributed by atoms with E-state index in [2.05, 4.69) is 41.5 Å². The van der Waals surface area contributed by atoms with Crippen molar-refractivity contribution in [3.05, 3.63) is 42.2 Å². The van der Waals surface area contributed by atoms with Gasteiger partial charge >= 0.3 is 0 Å². The fraction of sp³-hybridized carbons (Fsp3) is 0.500. The Morgan fingerprint density at radius 2 is 2.19 bits per heavy atom. The number of aromatic nitrogens is 1. The molecule has 1 N–H and O–H groups in total. The van der Waals surface area contributed by atoms with E-state index >= 15 is 0 Å². The minimum Gasteiger partial charge on any atom is -0.378 e. The molecule has 3 nitrogen and oxygen atoms in total. The van der Waals surface area contributed by atoms with Crippen molar-refractivity contribution in [2.45, 2.75) is 44.2 Å². The maximum atomic E-state index is 5.83. The molecule has 21 heavy (non-hydrogen) atoms. The third kappa shape index (κ3) is 2.81. The second kappa shape index (κ2) is 6.12. The van der Waals surface area contributed by atoms with Crippen LogP contribution in [0.5, 0.6) is 0 Å². The van der Waals surface area contributed by atoms with Crippen LogP contribution in [0, 0.1) is 0 Å². The lowest BCUT2D eigenvalue weighted by molar-refractivity contribution is -0.0836. The number of hydrogen-bond donors (Lipinski definition) is 1. The van der Waals surface area contributed by atoms with Crippen LogP contribution in [0.15, 0.2) is 36.7 Å². The first-order chi connectivity index (χ1) is 10.3. The molecule has 2 aromatic rings. The summed E-state index contributed by atoms with van der Waals surface area (Å²) in [6.45, 7) is 3.13. The topological polar surface area (TPSA) is 34.1 Å². The van der Waals surface area contributed by atoms with E-state index in [4.69, 9.17) is 4.74 Å². The molecule has 1 heterocycles. The van der Waals surface area contributed by atoms with Crippen molar-refractivity contribution in [1.82, 2.24) is 10.3 Å². The van der Waals surface area contributed by atoms with Crippen molar-refractivity contribution < 1.29 is 4.74 Å². The van der Waals surface area contributed by atoms with Crippen LogP contribution < -0.4 is 5.32 Å². The average molecular weight is 284 g/mol. The van der Waals surface area contributed by atoms with E-state index in [1.165, 1.54) is 35.6 Å². The minimum absolute atomic E-state index is 0.0715. The number of rotatable bonds is 6. The highest BCUT2D eigenvalue weighted by Gasteiger charge is 2.39. The highest BCUT2D eigenvalue weighted by atomic mass is 16.5. The van der Waals surface area contributed by atoms with Crippen LogP contribution in [-0.2, 0) is 4.74 Å². The number of methoxy groups -OCH3 is 1. The standard InChI is InChI=1S/C18H24N2O/c1-3-20-17(12-18(21-2)9-5-10-18)16-7-4-6-14-13-19-11-8-15(14)16/h4,6-8,11,13,17,20H,3,5,9-10,12H2,1-2H3. The molecule has 0 spiro atoms. The molecular weight excluding hydrogens is 260 g/mol. The van der Waals surface area contributed by atoms with E-state index in [0.29, 0.717) is 6.04 Å². The van der Waals surface area contributed by atoms with Gasteiger partial charge in [-0.05, 0) is 49.2 Å². The van der Waals surface area contributed by atoms with E-state index < -0.39 is 0 Å². The molecule has 1 aromatic carbocycles. The molecule has 1 aliphatic carbocycles. The molecule has 1 aromatic heterocycles. The van der Waals surface area contributed by atoms with Crippen LogP contribution >= 0.6 is 0 Å². The minimum atomic E-state index is 0.0715. The molecular formula is C18H24N2O. The van der Waals surface area contributed by atoms with Gasteiger partial charge in [-0.15, -0.1) is 0 Å². The van der Waals surface area contributed by atoms with E-state index in [0.717, 1.165) is 13.0 Å². The number of ether oxygens (including phenoxy) is 1. The Hall–Kier alpha value is -1.45. The summed E-state index contributed by atoms with van der Waals surface area (Å²) in [5, 5.41) is 6.15. The molecule has 0 saturated heterocycles. The van der Waals surface area contributed by atoms with Crippen molar-refractivity contribution >= 4 is 10.8 Å². The van der Waals surface area contributed by atoms with Gasteiger partial charge in [0.05, 0.1) is 5.60 Å². The summed E-state index contributed by atoms with van der Waals surface area (Å²) >= 11 is 0. The largest absolute Gasteiger partial charge is 0.378 e. The molecule has 1 saturated carbocycles. The molecule has 0 amide bonds. The van der Waals surface area contributed by atoms with Crippen LogP contribution in [0.25, 0.3) is 10.8 Å². The molecule has 1 fully saturated rings. The molecule has 0 bridgehead atoms. The Morgan fingerprint density at radius 3 is 2.86 bits per heavy atom. The predicted octanol–water partition coefficient (Wildman–Crippen LogP) is 3.84. The first-order valence-electron chi connectivity index (χ1n) is 7.89. The summed E-state index contributed by atoms with van der Waals surface area (Å²) in [5.41, 5.74) is 1.43. The maximum absolute atomic E-state index is 5.83. The van der Waals surface area contributed by atoms with Gasteiger partial charge in [0, 0.05) is 30.9 Å². The van der Waals surface area contributed by atoms with Crippen molar-refractivity contribution in [3.63, 3.8) is 0 Å². The number of nitrogens with zero attached hydrogens (tertiary/aromatic N) is 1. The van der Waals surface area contributed by atoms with Crippen LogP contribution in [0.2, 0.25) is 0 Å². The zero-order chi connectivity index (χ0) is 14.7. The third-order valence-corrected chi connectivity index (χ3v) is 4.81. The van der Waals surface area contributed by atoms with Crippen molar-refractivity contribution in [2.75, 3.05) is 13.7 Å². The lowest BCUT2D eigenvalue weighted by atomic mass is 9.74. The zero-order valence-corrected chi connectivity index (χ0v) is 12.9. The van der Waals surface area contributed by atoms with Crippen LogP contribution in [0.3, 0.4) is 0 Å². The van der Waals surface area contributed by atoms with Gasteiger partial charge < -0.3 is 10.1 Å². The van der Waals surface area contributed by atoms with Crippen LogP contribution in [0.4, 0.5) is 0 Å². The van der Waals surface area contributed by atoms with Gasteiger partial charge in [0.25, 0.3) is 0 Å². The lowest BCUT2D eigenvalue weighted by Crippen LogP contribution is -2.42. The van der Waals surface area contributed by atoms with Crippen LogP contribution in [0.1, 0.15) is 44.2 Å². The van der Waals surface area contributed by atoms with E-state index in [9.17, 15) is 0 Å². The fourth-order valence-corrected chi connectivity index (χ4v) is 3.42. The van der Waals surface area contributed by atoms with Gasteiger partial charge in [-0.1, -0.05) is 25.1 Å². The highest BCUT2D eigenvalue weighted by Crippen LogP contribution is 2.42. The summed E-state index contributed by atoms with van der Waals surface area (Å²) < 4.78 is 5.83. The molecule has 0 aliphatic heterocycles. The maximum Gasteiger partial charge on any atom is 0.0697 e. The number of nitrogens with one attached hydrogen (secondary N) is 1. The van der Waals surface area contributed by atoms with Crippen molar-refractivity contribution in [3.8, 4) is 0 Å². The first kappa shape index (κ1) is 14.5. The molecule has 0 radical (unpaired) electrons. The molecule has 3 rings (SSSR count). The number of benzene rings is 1. The summed E-state index contributed by atoms with van der Waals surface area (Å²) in [6, 6.07) is 8.95. The lowest BCUT2D eigenvalue weighted by Gasteiger charge is -2.43. The van der Waals surface area contributed by atoms with Gasteiger partial charge in [-0.2, -0.15) is 0 Å². The predicted molar refractivity (Wildman–Crippen MR) is 86.4 cm³/mol. The second-order valence-electron chi connectivity index (χ2n) is 6.00. The summed E-state index contributed by atoms with van der Waals surface area (Å²) in [4.78, 5) is 4.23. The summed E-state index contributed by atoms with van der Waals surface area (Å²) in [6.07, 6.45) is 8.50. The van der Waals surface area contributed by atoms with Gasteiger partial charge in [-0.3, -0.25) is 4.98 Å².